The minimum atomic E-state index is -0.492. The molecule has 0 aromatic heterocycles. The topological polar surface area (TPSA) is 38.8 Å². The van der Waals surface area contributed by atoms with Crippen molar-refractivity contribution in [1.82, 2.24) is 0 Å². The fourth-order valence-corrected chi connectivity index (χ4v) is 3.92. The van der Waals surface area contributed by atoms with Crippen LogP contribution in [0.5, 0.6) is 11.5 Å². The number of thioether (sulfide) groups is 1. The summed E-state index contributed by atoms with van der Waals surface area (Å²) in [5.74, 6) is 0.388. The number of benzene rings is 2. The minimum absolute atomic E-state index is 0.0665. The number of rotatable bonds is 6. The lowest BCUT2D eigenvalue weighted by Crippen LogP contribution is -2.28. The Kier molecular flexibility index (Phi) is 6.36. The molecular weight excluding hydrogens is 397 g/mol. The Labute approximate surface area is 173 Å². The van der Waals surface area contributed by atoms with E-state index in [1.807, 2.05) is 26.0 Å². The second kappa shape index (κ2) is 8.75. The smallest absolute Gasteiger partial charge is 0.270 e. The molecule has 1 heterocycles. The molecule has 0 unspecified atom stereocenters. The first-order valence-electron chi connectivity index (χ1n) is 8.81. The Morgan fingerprint density at radius 2 is 2.00 bits per heavy atom. The highest BCUT2D eigenvalue weighted by Crippen LogP contribution is 2.38. The number of carbonyl (C=O) groups is 1. The van der Waals surface area contributed by atoms with E-state index in [-0.39, 0.29) is 17.7 Å². The molecule has 7 heteroatoms. The molecule has 1 aliphatic heterocycles. The third-order valence-electron chi connectivity index (χ3n) is 4.28. The highest BCUT2D eigenvalue weighted by atomic mass is 32.2. The zero-order valence-corrected chi connectivity index (χ0v) is 17.4. The van der Waals surface area contributed by atoms with Crippen molar-refractivity contribution in [3.63, 3.8) is 0 Å². The number of thiocarbonyl (C=S) groups is 1. The predicted molar refractivity (Wildman–Crippen MR) is 115 cm³/mol. The summed E-state index contributed by atoms with van der Waals surface area (Å²) in [4.78, 5) is 14.4. The number of para-hydroxylation sites is 1. The van der Waals surface area contributed by atoms with Crippen molar-refractivity contribution in [1.29, 1.82) is 0 Å². The summed E-state index contributed by atoms with van der Waals surface area (Å²) < 4.78 is 25.7. The number of hydrogen-bond donors (Lipinski definition) is 0. The van der Waals surface area contributed by atoms with Crippen LogP contribution in [0.2, 0.25) is 0 Å². The van der Waals surface area contributed by atoms with Crippen molar-refractivity contribution in [2.45, 2.75) is 26.4 Å². The minimum Gasteiger partial charge on any atom is -0.493 e. The second-order valence-corrected chi connectivity index (χ2v) is 7.89. The maximum Gasteiger partial charge on any atom is 0.270 e. The monoisotopic (exact) mass is 417 g/mol. The fraction of sp³-hybridized carbons (Fsp3) is 0.238. The van der Waals surface area contributed by atoms with Crippen molar-refractivity contribution in [3.05, 3.63) is 58.8 Å². The molecule has 4 nitrogen and oxygen atoms in total. The molecule has 2 aromatic carbocycles. The quantitative estimate of drug-likeness (QED) is 0.464. The number of carbonyl (C=O) groups excluding carboxylic acids is 1. The summed E-state index contributed by atoms with van der Waals surface area (Å²) >= 11 is 6.44. The molecule has 0 radical (unpaired) electrons. The summed E-state index contributed by atoms with van der Waals surface area (Å²) in [6, 6.07) is 11.5. The third kappa shape index (κ3) is 4.20. The Morgan fingerprint density at radius 3 is 2.68 bits per heavy atom. The molecule has 1 fully saturated rings. The van der Waals surface area contributed by atoms with Gasteiger partial charge in [-0.25, -0.2) is 4.39 Å². The van der Waals surface area contributed by atoms with Crippen LogP contribution >= 0.6 is 24.0 Å². The summed E-state index contributed by atoms with van der Waals surface area (Å²) in [5, 5.41) is 0. The normalized spacial score (nSPS) is 16.6. The average molecular weight is 418 g/mol. The first kappa shape index (κ1) is 20.4. The lowest BCUT2D eigenvalue weighted by Gasteiger charge is -2.16. The zero-order chi connectivity index (χ0) is 20.3. The van der Waals surface area contributed by atoms with Crippen LogP contribution in [0.25, 0.3) is 6.08 Å². The van der Waals surface area contributed by atoms with Gasteiger partial charge in [-0.05, 0) is 49.2 Å². The Balaban J connectivity index is 1.89. The molecule has 1 atom stereocenters. The zero-order valence-electron chi connectivity index (χ0n) is 15.8. The SMILES string of the molecule is CC[C@@H](C)Oc1ccc(/C=C2/SC(=S)N(c3ccccc3F)C2=O)cc1OC. The van der Waals surface area contributed by atoms with E-state index >= 15 is 0 Å². The Hall–Kier alpha value is -2.38. The van der Waals surface area contributed by atoms with E-state index in [0.717, 1.165) is 23.7 Å². The fourth-order valence-electron chi connectivity index (χ4n) is 2.63. The van der Waals surface area contributed by atoms with Crippen LogP contribution in [-0.2, 0) is 4.79 Å². The summed E-state index contributed by atoms with van der Waals surface area (Å²) in [6.07, 6.45) is 2.66. The Morgan fingerprint density at radius 1 is 1.25 bits per heavy atom. The molecule has 2 aromatic rings. The van der Waals surface area contributed by atoms with E-state index in [9.17, 15) is 9.18 Å². The number of anilines is 1. The van der Waals surface area contributed by atoms with Crippen LogP contribution < -0.4 is 14.4 Å². The maximum absolute atomic E-state index is 14.1. The molecule has 0 spiro atoms. The van der Waals surface area contributed by atoms with Gasteiger partial charge < -0.3 is 9.47 Å². The lowest BCUT2D eigenvalue weighted by atomic mass is 10.1. The summed E-state index contributed by atoms with van der Waals surface area (Å²) in [7, 11) is 1.57. The average Bonchev–Trinajstić information content (AvgIpc) is 2.96. The van der Waals surface area contributed by atoms with Crippen molar-refractivity contribution in [2.24, 2.45) is 0 Å². The number of ether oxygens (including phenoxy) is 2. The molecule has 0 aliphatic carbocycles. The van der Waals surface area contributed by atoms with Crippen LogP contribution in [0.15, 0.2) is 47.4 Å². The van der Waals surface area contributed by atoms with Gasteiger partial charge in [-0.3, -0.25) is 9.69 Å². The van der Waals surface area contributed by atoms with E-state index in [0.29, 0.717) is 20.7 Å². The molecule has 28 heavy (non-hydrogen) atoms. The number of halogens is 1. The maximum atomic E-state index is 14.1. The van der Waals surface area contributed by atoms with Gasteiger partial charge in [0.15, 0.2) is 15.8 Å². The van der Waals surface area contributed by atoms with Crippen LogP contribution in [0, 0.1) is 5.82 Å². The standard InChI is InChI=1S/C21H20FNO3S2/c1-4-13(2)26-17-10-9-14(11-18(17)25-3)12-19-20(24)23(21(27)28-19)16-8-6-5-7-15(16)22/h5-13H,4H2,1-3H3/b19-12+/t13-/m1/s1. The molecule has 3 rings (SSSR count). The van der Waals surface area contributed by atoms with Crippen molar-refractivity contribution in [3.8, 4) is 11.5 Å². The lowest BCUT2D eigenvalue weighted by molar-refractivity contribution is -0.113. The molecule has 146 valence electrons. The van der Waals surface area contributed by atoms with Gasteiger partial charge >= 0.3 is 0 Å². The van der Waals surface area contributed by atoms with E-state index in [4.69, 9.17) is 21.7 Å². The number of nitrogens with zero attached hydrogens (tertiary/aromatic N) is 1. The van der Waals surface area contributed by atoms with Gasteiger partial charge in [-0.1, -0.05) is 49.1 Å². The van der Waals surface area contributed by atoms with Gasteiger partial charge in [-0.2, -0.15) is 0 Å². The van der Waals surface area contributed by atoms with Crippen LogP contribution in [0.3, 0.4) is 0 Å². The summed E-state index contributed by atoms with van der Waals surface area (Å²) in [6.45, 7) is 4.03. The number of hydrogen-bond acceptors (Lipinski definition) is 5. The van der Waals surface area contributed by atoms with Crippen LogP contribution in [0.4, 0.5) is 10.1 Å². The molecule has 0 saturated carbocycles. The Bertz CT molecular complexity index is 945. The van der Waals surface area contributed by atoms with Gasteiger partial charge in [0, 0.05) is 0 Å². The van der Waals surface area contributed by atoms with Crippen molar-refractivity contribution in [2.75, 3.05) is 12.0 Å². The van der Waals surface area contributed by atoms with Gasteiger partial charge in [0.1, 0.15) is 5.82 Å². The van der Waals surface area contributed by atoms with Crippen molar-refractivity contribution >= 4 is 46.0 Å². The van der Waals surface area contributed by atoms with Gasteiger partial charge in [0.2, 0.25) is 0 Å². The molecule has 1 amide bonds. The van der Waals surface area contributed by atoms with E-state index < -0.39 is 5.82 Å². The molecular formula is C21H20FNO3S2. The molecule has 0 N–H and O–H groups in total. The van der Waals surface area contributed by atoms with Gasteiger partial charge in [-0.15, -0.1) is 0 Å². The molecule has 0 bridgehead atoms. The highest BCUT2D eigenvalue weighted by Gasteiger charge is 2.34. The second-order valence-electron chi connectivity index (χ2n) is 6.22. The van der Waals surface area contributed by atoms with Gasteiger partial charge in [0.05, 0.1) is 23.8 Å². The highest BCUT2D eigenvalue weighted by molar-refractivity contribution is 8.27. The number of methoxy groups -OCH3 is 1. The van der Waals surface area contributed by atoms with E-state index in [2.05, 4.69) is 0 Å². The third-order valence-corrected chi connectivity index (χ3v) is 5.58. The van der Waals surface area contributed by atoms with E-state index in [1.54, 1.807) is 31.4 Å². The van der Waals surface area contributed by atoms with E-state index in [1.165, 1.54) is 17.0 Å². The first-order chi connectivity index (χ1) is 13.4. The molecule has 1 saturated heterocycles. The molecule has 1 aliphatic rings. The number of amides is 1. The van der Waals surface area contributed by atoms with Crippen LogP contribution in [0.1, 0.15) is 25.8 Å². The predicted octanol–water partition coefficient (Wildman–Crippen LogP) is 5.42. The van der Waals surface area contributed by atoms with Crippen molar-refractivity contribution < 1.29 is 18.7 Å². The van der Waals surface area contributed by atoms with Crippen LogP contribution in [-0.4, -0.2) is 23.4 Å². The summed E-state index contributed by atoms with van der Waals surface area (Å²) in [5.41, 5.74) is 0.922. The van der Waals surface area contributed by atoms with Gasteiger partial charge in [0.25, 0.3) is 5.91 Å². The first-order valence-corrected chi connectivity index (χ1v) is 10.0. The largest absolute Gasteiger partial charge is 0.493 e.